The average molecular weight is 254 g/mol. The molecule has 2 rings (SSSR count). The number of carbonyl (C=O) groups excluding carboxylic acids is 1. The Kier molecular flexibility index (Phi) is 3.86. The number of piperazine rings is 1. The lowest BCUT2D eigenvalue weighted by molar-refractivity contribution is 0.140. The van der Waals surface area contributed by atoms with E-state index in [0.29, 0.717) is 13.1 Å². The molecule has 1 aliphatic rings. The van der Waals surface area contributed by atoms with Gasteiger partial charge in [0.25, 0.3) is 0 Å². The predicted molar refractivity (Wildman–Crippen MR) is 67.9 cm³/mol. The summed E-state index contributed by atoms with van der Waals surface area (Å²) in [6.07, 6.45) is 0. The van der Waals surface area contributed by atoms with Crippen molar-refractivity contribution in [3.05, 3.63) is 34.9 Å². The van der Waals surface area contributed by atoms with Crippen molar-refractivity contribution in [1.29, 1.82) is 0 Å². The second-order valence-corrected chi connectivity index (χ2v) is 4.60. The minimum Gasteiger partial charge on any atom is -0.351 e. The Hall–Kier alpha value is -1.26. The molecule has 0 aromatic heterocycles. The standard InChI is InChI=1S/C12H16ClN3O/c13-11-4-2-1-3-10(11)9-15-5-7-16(8-6-15)12(14)17/h1-4H,5-9H2,(H2,14,17). The topological polar surface area (TPSA) is 49.6 Å². The fraction of sp³-hybridized carbons (Fsp3) is 0.417. The van der Waals surface area contributed by atoms with Gasteiger partial charge in [-0.15, -0.1) is 0 Å². The molecule has 1 heterocycles. The van der Waals surface area contributed by atoms with Crippen LogP contribution in [0.1, 0.15) is 5.56 Å². The Bertz CT molecular complexity index is 402. The van der Waals surface area contributed by atoms with Crippen molar-refractivity contribution in [3.8, 4) is 0 Å². The average Bonchev–Trinajstić information content (AvgIpc) is 2.33. The lowest BCUT2D eigenvalue weighted by Gasteiger charge is -2.33. The van der Waals surface area contributed by atoms with Crippen LogP contribution in [-0.2, 0) is 6.54 Å². The number of hydrogen-bond acceptors (Lipinski definition) is 2. The zero-order chi connectivity index (χ0) is 12.3. The molecule has 17 heavy (non-hydrogen) atoms. The number of urea groups is 1. The zero-order valence-corrected chi connectivity index (χ0v) is 10.4. The van der Waals surface area contributed by atoms with E-state index in [-0.39, 0.29) is 6.03 Å². The van der Waals surface area contributed by atoms with Gasteiger partial charge in [-0.1, -0.05) is 29.8 Å². The highest BCUT2D eigenvalue weighted by atomic mass is 35.5. The number of nitrogens with zero attached hydrogens (tertiary/aromatic N) is 2. The first kappa shape index (κ1) is 12.2. The van der Waals surface area contributed by atoms with Gasteiger partial charge in [0.05, 0.1) is 0 Å². The summed E-state index contributed by atoms with van der Waals surface area (Å²) in [5, 5.41) is 0.796. The van der Waals surface area contributed by atoms with Gasteiger partial charge >= 0.3 is 6.03 Å². The van der Waals surface area contributed by atoms with Gasteiger partial charge in [-0.3, -0.25) is 4.90 Å². The molecule has 0 saturated carbocycles. The molecule has 0 spiro atoms. The van der Waals surface area contributed by atoms with Gasteiger partial charge in [0.1, 0.15) is 0 Å². The van der Waals surface area contributed by atoms with Crippen molar-refractivity contribution in [2.24, 2.45) is 5.73 Å². The molecule has 1 saturated heterocycles. The van der Waals surface area contributed by atoms with Crippen LogP contribution in [0.4, 0.5) is 4.79 Å². The lowest BCUT2D eigenvalue weighted by atomic mass is 10.2. The molecule has 1 aromatic carbocycles. The third-order valence-corrected chi connectivity index (χ3v) is 3.40. The molecule has 0 aliphatic carbocycles. The van der Waals surface area contributed by atoms with E-state index in [9.17, 15) is 4.79 Å². The highest BCUT2D eigenvalue weighted by Gasteiger charge is 2.19. The maximum atomic E-state index is 11.0. The summed E-state index contributed by atoms with van der Waals surface area (Å²) in [6.45, 7) is 3.90. The van der Waals surface area contributed by atoms with Gasteiger partial charge in [0.15, 0.2) is 0 Å². The summed E-state index contributed by atoms with van der Waals surface area (Å²) in [5.74, 6) is 0. The van der Waals surface area contributed by atoms with Crippen LogP contribution >= 0.6 is 11.6 Å². The molecule has 5 heteroatoms. The van der Waals surface area contributed by atoms with Crippen molar-refractivity contribution in [3.63, 3.8) is 0 Å². The van der Waals surface area contributed by atoms with Gasteiger partial charge in [-0.05, 0) is 11.6 Å². The van der Waals surface area contributed by atoms with Crippen LogP contribution in [0, 0.1) is 0 Å². The van der Waals surface area contributed by atoms with Crippen LogP contribution in [0.2, 0.25) is 5.02 Å². The molecule has 1 fully saturated rings. The van der Waals surface area contributed by atoms with E-state index in [1.807, 2.05) is 24.3 Å². The molecule has 92 valence electrons. The fourth-order valence-electron chi connectivity index (χ4n) is 1.99. The molecular formula is C12H16ClN3O. The number of nitrogens with two attached hydrogens (primary N) is 1. The van der Waals surface area contributed by atoms with Gasteiger partial charge in [-0.2, -0.15) is 0 Å². The Labute approximate surface area is 106 Å². The third kappa shape index (κ3) is 3.11. The Morgan fingerprint density at radius 3 is 2.47 bits per heavy atom. The summed E-state index contributed by atoms with van der Waals surface area (Å²) in [5.41, 5.74) is 6.36. The Balaban J connectivity index is 1.90. The molecule has 2 amide bonds. The number of hydrogen-bond donors (Lipinski definition) is 1. The molecule has 0 radical (unpaired) electrons. The zero-order valence-electron chi connectivity index (χ0n) is 9.60. The minimum absolute atomic E-state index is 0.331. The molecule has 1 aliphatic heterocycles. The fourth-order valence-corrected chi connectivity index (χ4v) is 2.19. The first-order valence-electron chi connectivity index (χ1n) is 5.67. The Morgan fingerprint density at radius 2 is 1.88 bits per heavy atom. The maximum absolute atomic E-state index is 11.0. The number of primary amides is 1. The molecule has 0 unspecified atom stereocenters. The number of amides is 2. The van der Waals surface area contributed by atoms with Crippen LogP contribution in [0.3, 0.4) is 0 Å². The van der Waals surface area contributed by atoms with E-state index in [1.165, 1.54) is 0 Å². The molecule has 2 N–H and O–H groups in total. The predicted octanol–water partition coefficient (Wildman–Crippen LogP) is 1.54. The summed E-state index contributed by atoms with van der Waals surface area (Å²) < 4.78 is 0. The van der Waals surface area contributed by atoms with Crippen LogP contribution in [-0.4, -0.2) is 42.0 Å². The van der Waals surface area contributed by atoms with Crippen LogP contribution in [0.15, 0.2) is 24.3 Å². The quantitative estimate of drug-likeness (QED) is 0.869. The van der Waals surface area contributed by atoms with E-state index in [1.54, 1.807) is 4.90 Å². The van der Waals surface area contributed by atoms with Gasteiger partial charge in [0, 0.05) is 37.7 Å². The highest BCUT2D eigenvalue weighted by molar-refractivity contribution is 6.31. The van der Waals surface area contributed by atoms with E-state index >= 15 is 0 Å². The summed E-state index contributed by atoms with van der Waals surface area (Å²) in [7, 11) is 0. The second-order valence-electron chi connectivity index (χ2n) is 4.19. The molecule has 1 aromatic rings. The maximum Gasteiger partial charge on any atom is 0.314 e. The smallest absolute Gasteiger partial charge is 0.314 e. The summed E-state index contributed by atoms with van der Waals surface area (Å²) in [4.78, 5) is 14.9. The van der Waals surface area contributed by atoms with Crippen LogP contribution in [0.5, 0.6) is 0 Å². The first-order chi connectivity index (χ1) is 8.16. The van der Waals surface area contributed by atoms with Crippen molar-refractivity contribution >= 4 is 17.6 Å². The highest BCUT2D eigenvalue weighted by Crippen LogP contribution is 2.17. The monoisotopic (exact) mass is 253 g/mol. The van der Waals surface area contributed by atoms with Crippen molar-refractivity contribution in [1.82, 2.24) is 9.80 Å². The van der Waals surface area contributed by atoms with Gasteiger partial charge in [-0.25, -0.2) is 4.79 Å². The van der Waals surface area contributed by atoms with Crippen LogP contribution < -0.4 is 5.73 Å². The minimum atomic E-state index is -0.331. The number of benzene rings is 1. The van der Waals surface area contributed by atoms with E-state index in [4.69, 9.17) is 17.3 Å². The number of carbonyl (C=O) groups is 1. The van der Waals surface area contributed by atoms with Crippen molar-refractivity contribution in [2.45, 2.75) is 6.54 Å². The SMILES string of the molecule is NC(=O)N1CCN(Cc2ccccc2Cl)CC1. The number of halogens is 1. The Morgan fingerprint density at radius 1 is 1.24 bits per heavy atom. The largest absolute Gasteiger partial charge is 0.351 e. The van der Waals surface area contributed by atoms with Gasteiger partial charge < -0.3 is 10.6 Å². The van der Waals surface area contributed by atoms with E-state index < -0.39 is 0 Å². The first-order valence-corrected chi connectivity index (χ1v) is 6.05. The molecule has 0 atom stereocenters. The summed E-state index contributed by atoms with van der Waals surface area (Å²) in [6, 6.07) is 7.51. The van der Waals surface area contributed by atoms with E-state index in [2.05, 4.69) is 4.90 Å². The molecule has 0 bridgehead atoms. The van der Waals surface area contributed by atoms with Crippen LogP contribution in [0.25, 0.3) is 0 Å². The van der Waals surface area contributed by atoms with E-state index in [0.717, 1.165) is 30.2 Å². The van der Waals surface area contributed by atoms with Crippen molar-refractivity contribution in [2.75, 3.05) is 26.2 Å². The normalized spacial score (nSPS) is 17.1. The van der Waals surface area contributed by atoms with Crippen molar-refractivity contribution < 1.29 is 4.79 Å². The van der Waals surface area contributed by atoms with Gasteiger partial charge in [0.2, 0.25) is 0 Å². The molecular weight excluding hydrogens is 238 g/mol. The summed E-state index contributed by atoms with van der Waals surface area (Å²) >= 11 is 6.11. The second kappa shape index (κ2) is 5.38. The lowest BCUT2D eigenvalue weighted by Crippen LogP contribution is -2.50. The number of rotatable bonds is 2. The molecule has 4 nitrogen and oxygen atoms in total. The third-order valence-electron chi connectivity index (χ3n) is 3.04.